The van der Waals surface area contributed by atoms with Gasteiger partial charge < -0.3 is 14.4 Å². The van der Waals surface area contributed by atoms with E-state index in [9.17, 15) is 4.79 Å². The lowest BCUT2D eigenvalue weighted by Crippen LogP contribution is -2.51. The minimum atomic E-state index is 0.104. The second-order valence-electron chi connectivity index (χ2n) is 6.50. The van der Waals surface area contributed by atoms with Crippen LogP contribution in [0.5, 0.6) is 11.5 Å². The molecule has 0 amide bonds. The van der Waals surface area contributed by atoms with Crippen LogP contribution >= 0.6 is 0 Å². The summed E-state index contributed by atoms with van der Waals surface area (Å²) >= 11 is 0. The first-order valence-electron chi connectivity index (χ1n) is 8.12. The van der Waals surface area contributed by atoms with E-state index < -0.39 is 0 Å². The molecule has 2 saturated heterocycles. The van der Waals surface area contributed by atoms with Crippen LogP contribution in [0.1, 0.15) is 42.5 Å². The van der Waals surface area contributed by atoms with Gasteiger partial charge in [-0.3, -0.25) is 4.79 Å². The zero-order valence-corrected chi connectivity index (χ0v) is 13.7. The quantitative estimate of drug-likeness (QED) is 0.801. The van der Waals surface area contributed by atoms with E-state index in [-0.39, 0.29) is 11.7 Å². The van der Waals surface area contributed by atoms with E-state index >= 15 is 0 Å². The molecule has 2 fully saturated rings. The molecule has 4 nitrogen and oxygen atoms in total. The van der Waals surface area contributed by atoms with E-state index in [4.69, 9.17) is 9.47 Å². The summed E-state index contributed by atoms with van der Waals surface area (Å²) in [5.41, 5.74) is 0.662. The first-order chi connectivity index (χ1) is 10.6. The van der Waals surface area contributed by atoms with Crippen molar-refractivity contribution in [3.8, 4) is 11.5 Å². The SMILES string of the molecule is COc1ccc(OC)c(C(=O)C2CC3CCCC(C2)N3C)c1. The van der Waals surface area contributed by atoms with E-state index in [1.165, 1.54) is 19.3 Å². The molecule has 0 saturated carbocycles. The van der Waals surface area contributed by atoms with Crippen molar-refractivity contribution in [3.05, 3.63) is 23.8 Å². The fraction of sp³-hybridized carbons (Fsp3) is 0.611. The molecule has 22 heavy (non-hydrogen) atoms. The third-order valence-corrected chi connectivity index (χ3v) is 5.38. The molecule has 1 aromatic carbocycles. The maximum absolute atomic E-state index is 13.0. The fourth-order valence-corrected chi connectivity index (χ4v) is 4.06. The van der Waals surface area contributed by atoms with Crippen LogP contribution in [0.2, 0.25) is 0 Å². The van der Waals surface area contributed by atoms with Crippen molar-refractivity contribution in [3.63, 3.8) is 0 Å². The predicted octanol–water partition coefficient (Wildman–Crippen LogP) is 3.15. The molecule has 0 radical (unpaired) electrons. The summed E-state index contributed by atoms with van der Waals surface area (Å²) in [6.45, 7) is 0. The molecule has 2 heterocycles. The highest BCUT2D eigenvalue weighted by molar-refractivity contribution is 6.00. The van der Waals surface area contributed by atoms with E-state index in [2.05, 4.69) is 11.9 Å². The third kappa shape index (κ3) is 2.72. The Morgan fingerprint density at radius 2 is 1.82 bits per heavy atom. The van der Waals surface area contributed by atoms with Gasteiger partial charge in [-0.25, -0.2) is 0 Å². The fourth-order valence-electron chi connectivity index (χ4n) is 4.06. The summed E-state index contributed by atoms with van der Waals surface area (Å²) in [7, 11) is 5.44. The van der Waals surface area contributed by atoms with Crippen LogP contribution in [-0.2, 0) is 0 Å². The highest BCUT2D eigenvalue weighted by Crippen LogP contribution is 2.38. The zero-order chi connectivity index (χ0) is 15.7. The third-order valence-electron chi connectivity index (χ3n) is 5.38. The van der Waals surface area contributed by atoms with Gasteiger partial charge in [0.2, 0.25) is 0 Å². The molecule has 3 rings (SSSR count). The average Bonchev–Trinajstić information content (AvgIpc) is 2.53. The summed E-state index contributed by atoms with van der Waals surface area (Å²) in [6.07, 6.45) is 5.65. The minimum absolute atomic E-state index is 0.104. The topological polar surface area (TPSA) is 38.8 Å². The maximum Gasteiger partial charge on any atom is 0.169 e. The normalized spacial score (nSPS) is 28.2. The monoisotopic (exact) mass is 303 g/mol. The van der Waals surface area contributed by atoms with Crippen LogP contribution in [0.3, 0.4) is 0 Å². The Labute approximate surface area is 132 Å². The van der Waals surface area contributed by atoms with E-state index in [0.29, 0.717) is 29.1 Å². The molecule has 2 aliphatic heterocycles. The van der Waals surface area contributed by atoms with Crippen molar-refractivity contribution in [2.45, 2.75) is 44.2 Å². The number of carbonyl (C=O) groups is 1. The zero-order valence-electron chi connectivity index (χ0n) is 13.7. The van der Waals surface area contributed by atoms with E-state index in [1.807, 2.05) is 18.2 Å². The molecule has 2 aliphatic rings. The number of methoxy groups -OCH3 is 2. The Bertz CT molecular complexity index is 543. The molecule has 4 heteroatoms. The lowest BCUT2D eigenvalue weighted by molar-refractivity contribution is 0.0337. The molecule has 2 atom stereocenters. The van der Waals surface area contributed by atoms with Gasteiger partial charge in [-0.05, 0) is 50.9 Å². The van der Waals surface area contributed by atoms with Crippen LogP contribution in [0.15, 0.2) is 18.2 Å². The van der Waals surface area contributed by atoms with Crippen molar-refractivity contribution in [2.24, 2.45) is 5.92 Å². The predicted molar refractivity (Wildman–Crippen MR) is 85.8 cm³/mol. The maximum atomic E-state index is 13.0. The Hall–Kier alpha value is -1.55. The van der Waals surface area contributed by atoms with Gasteiger partial charge >= 0.3 is 0 Å². The number of carbonyl (C=O) groups excluding carboxylic acids is 1. The van der Waals surface area contributed by atoms with Gasteiger partial charge in [-0.15, -0.1) is 0 Å². The van der Waals surface area contributed by atoms with Crippen molar-refractivity contribution < 1.29 is 14.3 Å². The molecule has 0 aliphatic carbocycles. The highest BCUT2D eigenvalue weighted by atomic mass is 16.5. The smallest absolute Gasteiger partial charge is 0.169 e. The van der Waals surface area contributed by atoms with Crippen molar-refractivity contribution in [1.82, 2.24) is 4.90 Å². The standard InChI is InChI=1S/C18H25NO3/c1-19-13-5-4-6-14(19)10-12(9-13)18(20)16-11-15(21-2)7-8-17(16)22-3/h7-8,11-14H,4-6,9-10H2,1-3H3. The van der Waals surface area contributed by atoms with Crippen LogP contribution in [-0.4, -0.2) is 44.0 Å². The number of benzene rings is 1. The number of piperidine rings is 2. The van der Waals surface area contributed by atoms with Crippen LogP contribution in [0.4, 0.5) is 0 Å². The molecule has 2 unspecified atom stereocenters. The molecular formula is C18H25NO3. The first kappa shape index (κ1) is 15.3. The summed E-state index contributed by atoms with van der Waals surface area (Å²) in [4.78, 5) is 15.5. The number of ether oxygens (including phenoxy) is 2. The molecule has 1 aromatic rings. The van der Waals surface area contributed by atoms with Gasteiger partial charge in [0.1, 0.15) is 11.5 Å². The number of ketones is 1. The number of Topliss-reactive ketones (excluding diaryl/α,β-unsaturated/α-hetero) is 1. The van der Waals surface area contributed by atoms with Gasteiger partial charge in [0, 0.05) is 18.0 Å². The van der Waals surface area contributed by atoms with Gasteiger partial charge in [0.05, 0.1) is 19.8 Å². The summed E-state index contributed by atoms with van der Waals surface area (Å²) in [5.74, 6) is 1.67. The van der Waals surface area contributed by atoms with E-state index in [0.717, 1.165) is 12.8 Å². The van der Waals surface area contributed by atoms with Crippen molar-refractivity contribution in [2.75, 3.05) is 21.3 Å². The number of fused-ring (bicyclic) bond motifs is 2. The Balaban J connectivity index is 1.85. The average molecular weight is 303 g/mol. The molecule has 0 spiro atoms. The Kier molecular flexibility index (Phi) is 4.39. The second-order valence-corrected chi connectivity index (χ2v) is 6.50. The second kappa shape index (κ2) is 6.29. The highest BCUT2D eigenvalue weighted by Gasteiger charge is 2.39. The van der Waals surface area contributed by atoms with Crippen molar-refractivity contribution >= 4 is 5.78 Å². The number of rotatable bonds is 4. The molecule has 0 aromatic heterocycles. The molecule has 2 bridgehead atoms. The minimum Gasteiger partial charge on any atom is -0.497 e. The number of hydrogen-bond acceptors (Lipinski definition) is 4. The number of hydrogen-bond donors (Lipinski definition) is 0. The van der Waals surface area contributed by atoms with E-state index in [1.54, 1.807) is 14.2 Å². The van der Waals surface area contributed by atoms with Crippen LogP contribution in [0, 0.1) is 5.92 Å². The lowest BCUT2D eigenvalue weighted by Gasteiger charge is -2.46. The summed E-state index contributed by atoms with van der Waals surface area (Å²) in [5, 5.41) is 0. The Morgan fingerprint density at radius 1 is 1.14 bits per heavy atom. The molecular weight excluding hydrogens is 278 g/mol. The number of nitrogens with zero attached hydrogens (tertiary/aromatic N) is 1. The van der Waals surface area contributed by atoms with Crippen LogP contribution in [0.25, 0.3) is 0 Å². The molecule has 0 N–H and O–H groups in total. The van der Waals surface area contributed by atoms with Crippen molar-refractivity contribution in [1.29, 1.82) is 0 Å². The van der Waals surface area contributed by atoms with Gasteiger partial charge in [0.15, 0.2) is 5.78 Å². The lowest BCUT2D eigenvalue weighted by atomic mass is 9.76. The van der Waals surface area contributed by atoms with Gasteiger partial charge in [-0.2, -0.15) is 0 Å². The summed E-state index contributed by atoms with van der Waals surface area (Å²) < 4.78 is 10.7. The largest absolute Gasteiger partial charge is 0.497 e. The first-order valence-corrected chi connectivity index (χ1v) is 8.12. The Morgan fingerprint density at radius 3 is 2.41 bits per heavy atom. The van der Waals surface area contributed by atoms with Gasteiger partial charge in [-0.1, -0.05) is 6.42 Å². The van der Waals surface area contributed by atoms with Crippen LogP contribution < -0.4 is 9.47 Å². The molecule has 120 valence electrons. The summed E-state index contributed by atoms with van der Waals surface area (Å²) in [6, 6.07) is 6.58. The van der Waals surface area contributed by atoms with Gasteiger partial charge in [0.25, 0.3) is 0 Å².